The summed E-state index contributed by atoms with van der Waals surface area (Å²) in [6.45, 7) is 2.96. The molecule has 0 aliphatic rings. The van der Waals surface area contributed by atoms with Crippen LogP contribution >= 0.6 is 15.9 Å². The molecule has 90 valence electrons. The Morgan fingerprint density at radius 1 is 1.11 bits per heavy atom. The number of benzene rings is 2. The van der Waals surface area contributed by atoms with Crippen molar-refractivity contribution >= 4 is 27.0 Å². The highest BCUT2D eigenvalue weighted by molar-refractivity contribution is 9.10. The summed E-state index contributed by atoms with van der Waals surface area (Å²) in [6, 6.07) is 14.8. The SMILES string of the molecule is Cc1ccc(Cn2cnc3cc(Br)ccc32)cc1. The predicted octanol–water partition coefficient (Wildman–Crippen LogP) is 4.16. The number of aryl methyl sites for hydroxylation is 1. The van der Waals surface area contributed by atoms with E-state index in [4.69, 9.17) is 0 Å². The summed E-state index contributed by atoms with van der Waals surface area (Å²) in [7, 11) is 0. The number of imidazole rings is 1. The van der Waals surface area contributed by atoms with Gasteiger partial charge in [-0.15, -0.1) is 0 Å². The Bertz CT molecular complexity index is 683. The molecule has 0 unspecified atom stereocenters. The molecule has 2 nitrogen and oxygen atoms in total. The molecule has 0 saturated heterocycles. The van der Waals surface area contributed by atoms with Crippen molar-refractivity contribution in [3.63, 3.8) is 0 Å². The number of hydrogen-bond acceptors (Lipinski definition) is 1. The minimum Gasteiger partial charge on any atom is -0.326 e. The highest BCUT2D eigenvalue weighted by Crippen LogP contribution is 2.19. The standard InChI is InChI=1S/C15H13BrN2/c1-11-2-4-12(5-3-11)9-18-10-17-14-8-13(16)6-7-15(14)18/h2-8,10H,9H2,1H3. The quantitative estimate of drug-likeness (QED) is 0.695. The molecule has 3 rings (SSSR count). The molecule has 0 spiro atoms. The number of fused-ring (bicyclic) bond motifs is 1. The second-order valence-corrected chi connectivity index (χ2v) is 5.41. The molecular formula is C15H13BrN2. The molecule has 0 saturated carbocycles. The van der Waals surface area contributed by atoms with Crippen LogP contribution in [-0.2, 0) is 6.54 Å². The molecule has 0 radical (unpaired) electrons. The minimum absolute atomic E-state index is 0.860. The van der Waals surface area contributed by atoms with Gasteiger partial charge in [0.1, 0.15) is 0 Å². The van der Waals surface area contributed by atoms with E-state index in [1.54, 1.807) is 0 Å². The number of halogens is 1. The van der Waals surface area contributed by atoms with Gasteiger partial charge in [0.15, 0.2) is 0 Å². The molecule has 0 bridgehead atoms. The van der Waals surface area contributed by atoms with Crippen LogP contribution in [0.1, 0.15) is 11.1 Å². The third kappa shape index (κ3) is 2.18. The molecule has 1 heterocycles. The van der Waals surface area contributed by atoms with E-state index in [-0.39, 0.29) is 0 Å². The zero-order valence-electron chi connectivity index (χ0n) is 10.1. The van der Waals surface area contributed by atoms with Crippen LogP contribution in [0, 0.1) is 6.92 Å². The second-order valence-electron chi connectivity index (χ2n) is 4.49. The molecule has 1 aromatic heterocycles. The molecule has 0 amide bonds. The van der Waals surface area contributed by atoms with Gasteiger partial charge < -0.3 is 4.57 Å². The largest absolute Gasteiger partial charge is 0.326 e. The maximum atomic E-state index is 4.43. The summed E-state index contributed by atoms with van der Waals surface area (Å²) in [5.41, 5.74) is 4.77. The van der Waals surface area contributed by atoms with E-state index < -0.39 is 0 Å². The van der Waals surface area contributed by atoms with Crippen LogP contribution in [0.25, 0.3) is 11.0 Å². The Labute approximate surface area is 114 Å². The van der Waals surface area contributed by atoms with Crippen LogP contribution in [-0.4, -0.2) is 9.55 Å². The van der Waals surface area contributed by atoms with Crippen molar-refractivity contribution in [1.29, 1.82) is 0 Å². The first kappa shape index (κ1) is 11.5. The molecule has 3 aromatic rings. The van der Waals surface area contributed by atoms with Crippen molar-refractivity contribution in [1.82, 2.24) is 9.55 Å². The van der Waals surface area contributed by atoms with E-state index in [1.807, 2.05) is 12.4 Å². The average molecular weight is 301 g/mol. The number of rotatable bonds is 2. The van der Waals surface area contributed by atoms with Gasteiger partial charge in [0.25, 0.3) is 0 Å². The third-order valence-corrected chi connectivity index (χ3v) is 3.55. The Morgan fingerprint density at radius 3 is 2.67 bits per heavy atom. The highest BCUT2D eigenvalue weighted by Gasteiger charge is 2.03. The summed E-state index contributed by atoms with van der Waals surface area (Å²) in [4.78, 5) is 4.43. The maximum Gasteiger partial charge on any atom is 0.0961 e. The first-order valence-electron chi connectivity index (χ1n) is 5.88. The molecule has 0 N–H and O–H groups in total. The lowest BCUT2D eigenvalue weighted by molar-refractivity contribution is 0.824. The summed E-state index contributed by atoms with van der Waals surface area (Å²) >= 11 is 3.47. The molecule has 2 aromatic carbocycles. The van der Waals surface area contributed by atoms with Gasteiger partial charge in [-0.2, -0.15) is 0 Å². The van der Waals surface area contributed by atoms with Crippen molar-refractivity contribution in [2.45, 2.75) is 13.5 Å². The summed E-state index contributed by atoms with van der Waals surface area (Å²) < 4.78 is 3.24. The van der Waals surface area contributed by atoms with Gasteiger partial charge in [0.2, 0.25) is 0 Å². The van der Waals surface area contributed by atoms with Crippen molar-refractivity contribution in [3.8, 4) is 0 Å². The van der Waals surface area contributed by atoms with Gasteiger partial charge in [-0.05, 0) is 30.7 Å². The number of hydrogen-bond donors (Lipinski definition) is 0. The van der Waals surface area contributed by atoms with Gasteiger partial charge in [0.05, 0.1) is 17.4 Å². The van der Waals surface area contributed by atoms with Crippen LogP contribution in [0.15, 0.2) is 53.3 Å². The second kappa shape index (κ2) is 4.58. The smallest absolute Gasteiger partial charge is 0.0961 e. The Hall–Kier alpha value is -1.61. The topological polar surface area (TPSA) is 17.8 Å². The fourth-order valence-corrected chi connectivity index (χ4v) is 2.40. The predicted molar refractivity (Wildman–Crippen MR) is 77.7 cm³/mol. The fraction of sp³-hybridized carbons (Fsp3) is 0.133. The lowest BCUT2D eigenvalue weighted by Gasteiger charge is -2.05. The molecule has 0 atom stereocenters. The van der Waals surface area contributed by atoms with E-state index >= 15 is 0 Å². The van der Waals surface area contributed by atoms with Crippen molar-refractivity contribution < 1.29 is 0 Å². The molecule has 3 heteroatoms. The van der Waals surface area contributed by atoms with Crippen LogP contribution in [0.5, 0.6) is 0 Å². The summed E-state index contributed by atoms with van der Waals surface area (Å²) in [5.74, 6) is 0. The molecular weight excluding hydrogens is 288 g/mol. The van der Waals surface area contributed by atoms with Crippen LogP contribution in [0.4, 0.5) is 0 Å². The first-order valence-corrected chi connectivity index (χ1v) is 6.67. The fourth-order valence-electron chi connectivity index (χ4n) is 2.05. The van der Waals surface area contributed by atoms with E-state index in [0.717, 1.165) is 16.5 Å². The van der Waals surface area contributed by atoms with Crippen molar-refractivity contribution in [2.24, 2.45) is 0 Å². The zero-order valence-corrected chi connectivity index (χ0v) is 11.7. The van der Waals surface area contributed by atoms with Crippen LogP contribution < -0.4 is 0 Å². The van der Waals surface area contributed by atoms with E-state index in [2.05, 4.69) is 68.8 Å². The van der Waals surface area contributed by atoms with Gasteiger partial charge in [0, 0.05) is 11.0 Å². The van der Waals surface area contributed by atoms with Crippen LogP contribution in [0.2, 0.25) is 0 Å². The minimum atomic E-state index is 0.860. The summed E-state index contributed by atoms with van der Waals surface area (Å²) in [5, 5.41) is 0. The lowest BCUT2D eigenvalue weighted by atomic mass is 10.1. The Balaban J connectivity index is 1.97. The monoisotopic (exact) mass is 300 g/mol. The number of aromatic nitrogens is 2. The zero-order chi connectivity index (χ0) is 12.5. The lowest BCUT2D eigenvalue weighted by Crippen LogP contribution is -1.97. The Morgan fingerprint density at radius 2 is 1.89 bits per heavy atom. The molecule has 0 aliphatic carbocycles. The molecule has 0 aliphatic heterocycles. The van der Waals surface area contributed by atoms with Gasteiger partial charge in [-0.1, -0.05) is 45.8 Å². The highest BCUT2D eigenvalue weighted by atomic mass is 79.9. The van der Waals surface area contributed by atoms with Crippen molar-refractivity contribution in [3.05, 3.63) is 64.4 Å². The summed E-state index contributed by atoms with van der Waals surface area (Å²) in [6.07, 6.45) is 1.90. The van der Waals surface area contributed by atoms with Crippen molar-refractivity contribution in [2.75, 3.05) is 0 Å². The maximum absolute atomic E-state index is 4.43. The van der Waals surface area contributed by atoms with Gasteiger partial charge >= 0.3 is 0 Å². The van der Waals surface area contributed by atoms with E-state index in [0.29, 0.717) is 0 Å². The van der Waals surface area contributed by atoms with E-state index in [1.165, 1.54) is 16.6 Å². The first-order chi connectivity index (χ1) is 8.72. The molecule has 0 fully saturated rings. The van der Waals surface area contributed by atoms with Gasteiger partial charge in [-0.3, -0.25) is 0 Å². The Kier molecular flexibility index (Phi) is 2.92. The number of nitrogens with zero attached hydrogens (tertiary/aromatic N) is 2. The van der Waals surface area contributed by atoms with Crippen LogP contribution in [0.3, 0.4) is 0 Å². The van der Waals surface area contributed by atoms with E-state index in [9.17, 15) is 0 Å². The normalized spacial score (nSPS) is 11.0. The molecule has 18 heavy (non-hydrogen) atoms. The third-order valence-electron chi connectivity index (χ3n) is 3.06. The average Bonchev–Trinajstić information content (AvgIpc) is 2.74. The van der Waals surface area contributed by atoms with Gasteiger partial charge in [-0.25, -0.2) is 4.98 Å².